The van der Waals surface area contributed by atoms with Crippen LogP contribution in [0.2, 0.25) is 19.6 Å². The fraction of sp³-hybridized carbons (Fsp3) is 0.308. The number of nitrogens with zero attached hydrogens (tertiary/aromatic N) is 1. The van der Waals surface area contributed by atoms with Crippen molar-refractivity contribution in [3.05, 3.63) is 42.1 Å². The Morgan fingerprint density at radius 1 is 1.07 bits per heavy atom. The highest BCUT2D eigenvalue weighted by atomic mass is 28.3. The Kier molecular flexibility index (Phi) is 2.61. The second-order valence-corrected chi connectivity index (χ2v) is 10.7. The summed E-state index contributed by atoms with van der Waals surface area (Å²) in [4.78, 5) is 4.39. The summed E-state index contributed by atoms with van der Waals surface area (Å²) in [7, 11) is -1.04. The van der Waals surface area contributed by atoms with Crippen LogP contribution in [0, 0.1) is 0 Å². The second-order valence-electron chi connectivity index (χ2n) is 5.22. The van der Waals surface area contributed by atoms with E-state index >= 15 is 0 Å². The summed E-state index contributed by atoms with van der Waals surface area (Å²) in [6.07, 6.45) is 1.93. The van der Waals surface area contributed by atoms with E-state index in [0.29, 0.717) is 0 Å². The summed E-state index contributed by atoms with van der Waals surface area (Å²) in [6.45, 7) is 7.21. The monoisotopic (exact) mass is 215 g/mol. The van der Waals surface area contributed by atoms with E-state index in [9.17, 15) is 0 Å². The Morgan fingerprint density at radius 2 is 1.80 bits per heavy atom. The van der Waals surface area contributed by atoms with Crippen LogP contribution in [-0.4, -0.2) is 13.1 Å². The van der Waals surface area contributed by atoms with Gasteiger partial charge in [0.05, 0.1) is 5.52 Å². The maximum absolute atomic E-state index is 4.39. The Labute approximate surface area is 92.2 Å². The van der Waals surface area contributed by atoms with Crippen LogP contribution in [0.1, 0.15) is 5.56 Å². The Bertz CT molecular complexity index is 466. The third kappa shape index (κ3) is 2.45. The lowest BCUT2D eigenvalue weighted by molar-refractivity contribution is 1.29. The van der Waals surface area contributed by atoms with E-state index in [1.165, 1.54) is 17.0 Å². The van der Waals surface area contributed by atoms with Gasteiger partial charge in [0.2, 0.25) is 0 Å². The maximum atomic E-state index is 4.39. The van der Waals surface area contributed by atoms with E-state index in [1.54, 1.807) is 0 Å². The van der Waals surface area contributed by atoms with E-state index in [-0.39, 0.29) is 0 Å². The molecule has 2 aromatic rings. The van der Waals surface area contributed by atoms with Gasteiger partial charge in [0.15, 0.2) is 0 Å². The van der Waals surface area contributed by atoms with Crippen molar-refractivity contribution in [1.29, 1.82) is 0 Å². The molecule has 0 saturated carbocycles. The van der Waals surface area contributed by atoms with Crippen LogP contribution in [0.25, 0.3) is 10.9 Å². The van der Waals surface area contributed by atoms with Gasteiger partial charge in [0.1, 0.15) is 0 Å². The van der Waals surface area contributed by atoms with Gasteiger partial charge in [-0.2, -0.15) is 0 Å². The van der Waals surface area contributed by atoms with Gasteiger partial charge in [-0.05, 0) is 23.7 Å². The Morgan fingerprint density at radius 3 is 2.53 bits per heavy atom. The number of aromatic nitrogens is 1. The molecule has 2 rings (SSSR count). The number of hydrogen-bond donors (Lipinski definition) is 0. The first-order valence-electron chi connectivity index (χ1n) is 5.39. The van der Waals surface area contributed by atoms with Crippen molar-refractivity contribution in [2.24, 2.45) is 0 Å². The number of pyridine rings is 1. The molecule has 15 heavy (non-hydrogen) atoms. The fourth-order valence-electron chi connectivity index (χ4n) is 1.88. The highest BCUT2D eigenvalue weighted by molar-refractivity contribution is 6.75. The molecular formula is C13H17NSi. The van der Waals surface area contributed by atoms with Crippen molar-refractivity contribution in [3.8, 4) is 0 Å². The third-order valence-electron chi connectivity index (χ3n) is 2.46. The summed E-state index contributed by atoms with van der Waals surface area (Å²) in [5.74, 6) is 0. The topological polar surface area (TPSA) is 12.9 Å². The molecule has 0 bridgehead atoms. The Balaban J connectivity index is 2.52. The molecule has 0 aliphatic heterocycles. The van der Waals surface area contributed by atoms with Crippen molar-refractivity contribution >= 4 is 19.0 Å². The van der Waals surface area contributed by atoms with Crippen molar-refractivity contribution < 1.29 is 0 Å². The molecule has 0 aliphatic carbocycles. The standard InChI is InChI=1S/C13H17NSi/c1-15(2,3)10-11-8-9-14-13-7-5-4-6-12(11)13/h4-9H,10H2,1-3H3. The molecule has 0 saturated heterocycles. The molecule has 1 aromatic heterocycles. The van der Waals surface area contributed by atoms with Crippen LogP contribution in [-0.2, 0) is 6.04 Å². The molecule has 78 valence electrons. The van der Waals surface area contributed by atoms with Crippen LogP contribution < -0.4 is 0 Å². The molecule has 0 unspecified atom stereocenters. The quantitative estimate of drug-likeness (QED) is 0.697. The average molecular weight is 215 g/mol. The Hall–Kier alpha value is -1.15. The number of hydrogen-bond acceptors (Lipinski definition) is 1. The lowest BCUT2D eigenvalue weighted by Gasteiger charge is -2.16. The maximum Gasteiger partial charge on any atom is 0.0704 e. The summed E-state index contributed by atoms with van der Waals surface area (Å²) in [6, 6.07) is 11.8. The van der Waals surface area contributed by atoms with E-state index in [0.717, 1.165) is 5.52 Å². The molecule has 0 radical (unpaired) electrons. The van der Waals surface area contributed by atoms with E-state index in [4.69, 9.17) is 0 Å². The minimum Gasteiger partial charge on any atom is -0.256 e. The highest BCUT2D eigenvalue weighted by Crippen LogP contribution is 2.20. The number of para-hydroxylation sites is 1. The van der Waals surface area contributed by atoms with Gasteiger partial charge in [-0.25, -0.2) is 0 Å². The van der Waals surface area contributed by atoms with Crippen LogP contribution in [0.5, 0.6) is 0 Å². The molecule has 1 nitrogen and oxygen atoms in total. The molecule has 0 spiro atoms. The van der Waals surface area contributed by atoms with Gasteiger partial charge < -0.3 is 0 Å². The van der Waals surface area contributed by atoms with Crippen molar-refractivity contribution in [3.63, 3.8) is 0 Å². The molecule has 1 aromatic carbocycles. The van der Waals surface area contributed by atoms with Crippen LogP contribution >= 0.6 is 0 Å². The third-order valence-corrected chi connectivity index (χ3v) is 3.90. The summed E-state index contributed by atoms with van der Waals surface area (Å²) in [5, 5.41) is 1.32. The zero-order chi connectivity index (χ0) is 10.9. The van der Waals surface area contributed by atoms with E-state index in [1.807, 2.05) is 12.3 Å². The predicted molar refractivity (Wildman–Crippen MR) is 68.8 cm³/mol. The first kappa shape index (κ1) is 10.4. The van der Waals surface area contributed by atoms with Crippen molar-refractivity contribution in [2.75, 3.05) is 0 Å². The van der Waals surface area contributed by atoms with Crippen molar-refractivity contribution in [2.45, 2.75) is 25.7 Å². The molecule has 0 N–H and O–H groups in total. The zero-order valence-electron chi connectivity index (χ0n) is 9.62. The van der Waals surface area contributed by atoms with Crippen molar-refractivity contribution in [1.82, 2.24) is 4.98 Å². The van der Waals surface area contributed by atoms with Crippen LogP contribution in [0.15, 0.2) is 36.5 Å². The zero-order valence-corrected chi connectivity index (χ0v) is 10.6. The molecule has 1 heterocycles. The summed E-state index contributed by atoms with van der Waals surface area (Å²) >= 11 is 0. The summed E-state index contributed by atoms with van der Waals surface area (Å²) in [5.41, 5.74) is 2.58. The van der Waals surface area contributed by atoms with Crippen LogP contribution in [0.3, 0.4) is 0 Å². The van der Waals surface area contributed by atoms with Gasteiger partial charge in [-0.3, -0.25) is 4.98 Å². The van der Waals surface area contributed by atoms with Gasteiger partial charge in [0, 0.05) is 19.7 Å². The number of fused-ring (bicyclic) bond motifs is 1. The number of benzene rings is 1. The van der Waals surface area contributed by atoms with Gasteiger partial charge in [-0.15, -0.1) is 0 Å². The minimum absolute atomic E-state index is 1.04. The highest BCUT2D eigenvalue weighted by Gasteiger charge is 2.15. The SMILES string of the molecule is C[Si](C)(C)Cc1ccnc2ccccc12. The lowest BCUT2D eigenvalue weighted by atomic mass is 10.1. The molecular weight excluding hydrogens is 198 g/mol. The average Bonchev–Trinajstić information content (AvgIpc) is 2.16. The second kappa shape index (κ2) is 3.78. The van der Waals surface area contributed by atoms with E-state index < -0.39 is 8.07 Å². The largest absolute Gasteiger partial charge is 0.256 e. The molecule has 2 heteroatoms. The summed E-state index contributed by atoms with van der Waals surface area (Å²) < 4.78 is 0. The molecule has 0 aliphatic rings. The van der Waals surface area contributed by atoms with Gasteiger partial charge >= 0.3 is 0 Å². The predicted octanol–water partition coefficient (Wildman–Crippen LogP) is 3.65. The minimum atomic E-state index is -1.04. The first-order valence-corrected chi connectivity index (χ1v) is 9.10. The first-order chi connectivity index (χ1) is 7.06. The van der Waals surface area contributed by atoms with Gasteiger partial charge in [0.25, 0.3) is 0 Å². The number of rotatable bonds is 2. The van der Waals surface area contributed by atoms with Crippen LogP contribution in [0.4, 0.5) is 0 Å². The smallest absolute Gasteiger partial charge is 0.0704 e. The normalized spacial score (nSPS) is 11.9. The molecule has 0 atom stereocenters. The van der Waals surface area contributed by atoms with E-state index in [2.05, 4.69) is 48.9 Å². The molecule has 0 amide bonds. The molecule has 0 fully saturated rings. The fourth-order valence-corrected chi connectivity index (χ4v) is 3.33. The van der Waals surface area contributed by atoms with Gasteiger partial charge in [-0.1, -0.05) is 37.8 Å². The lowest BCUT2D eigenvalue weighted by Crippen LogP contribution is -2.24.